The Balaban J connectivity index is 2.49. The SMILES string of the molecule is CCCC(=O)C#C/C=C/C#CCCNC(=O)OCc1cc(OC)c(OC)cc1[N+](=O)[O-]. The molecule has 31 heavy (non-hydrogen) atoms. The summed E-state index contributed by atoms with van der Waals surface area (Å²) in [6.07, 6.45) is 3.82. The number of amides is 1. The average molecular weight is 428 g/mol. The summed E-state index contributed by atoms with van der Waals surface area (Å²) >= 11 is 0. The summed E-state index contributed by atoms with van der Waals surface area (Å²) in [6, 6.07) is 2.60. The van der Waals surface area contributed by atoms with Crippen LogP contribution in [0.3, 0.4) is 0 Å². The van der Waals surface area contributed by atoms with Gasteiger partial charge < -0.3 is 19.5 Å². The molecular formula is C22H24N2O7. The van der Waals surface area contributed by atoms with Crippen molar-refractivity contribution in [2.75, 3.05) is 20.8 Å². The molecule has 0 unspecified atom stereocenters. The maximum Gasteiger partial charge on any atom is 0.407 e. The number of hydrogen-bond donors (Lipinski definition) is 1. The van der Waals surface area contributed by atoms with E-state index in [0.29, 0.717) is 12.8 Å². The normalized spacial score (nSPS) is 9.65. The minimum Gasteiger partial charge on any atom is -0.493 e. The van der Waals surface area contributed by atoms with Gasteiger partial charge in [0, 0.05) is 19.4 Å². The molecule has 164 valence electrons. The van der Waals surface area contributed by atoms with E-state index in [1.165, 1.54) is 38.5 Å². The maximum absolute atomic E-state index is 11.8. The Bertz CT molecular complexity index is 946. The standard InChI is InChI=1S/C22H24N2O7/c1-4-11-18(25)12-9-7-5-6-8-10-13-23-22(26)31-16-17-14-20(29-2)21(30-3)15-19(17)24(27)28/h5,7,14-15H,4,10-11,13,16H2,1-3H3,(H,23,26)/b7-5+. The number of nitrogens with zero attached hydrogens (tertiary/aromatic N) is 1. The van der Waals surface area contributed by atoms with E-state index < -0.39 is 11.0 Å². The number of methoxy groups -OCH3 is 2. The molecule has 0 saturated carbocycles. The lowest BCUT2D eigenvalue weighted by Crippen LogP contribution is -2.25. The number of allylic oxidation sites excluding steroid dienone is 2. The highest BCUT2D eigenvalue weighted by atomic mass is 16.6. The number of nitrogens with one attached hydrogen (secondary N) is 1. The van der Waals surface area contributed by atoms with Gasteiger partial charge in [0.1, 0.15) is 6.61 Å². The van der Waals surface area contributed by atoms with E-state index in [1.54, 1.807) is 0 Å². The van der Waals surface area contributed by atoms with Crippen LogP contribution in [0.1, 0.15) is 31.7 Å². The van der Waals surface area contributed by atoms with Crippen LogP contribution in [0.25, 0.3) is 0 Å². The van der Waals surface area contributed by atoms with Crippen LogP contribution in [0.2, 0.25) is 0 Å². The molecule has 1 amide bonds. The molecule has 9 heteroatoms. The average Bonchev–Trinajstić information content (AvgIpc) is 2.75. The van der Waals surface area contributed by atoms with Crippen molar-refractivity contribution in [1.82, 2.24) is 5.32 Å². The first-order valence-electron chi connectivity index (χ1n) is 9.40. The number of benzene rings is 1. The minimum atomic E-state index is -0.735. The molecule has 0 spiro atoms. The smallest absolute Gasteiger partial charge is 0.407 e. The van der Waals surface area contributed by atoms with Gasteiger partial charge in [-0.15, -0.1) is 0 Å². The highest BCUT2D eigenvalue weighted by Gasteiger charge is 2.20. The van der Waals surface area contributed by atoms with E-state index in [-0.39, 0.29) is 41.7 Å². The Kier molecular flexibility index (Phi) is 11.4. The van der Waals surface area contributed by atoms with Crippen molar-refractivity contribution in [1.29, 1.82) is 0 Å². The van der Waals surface area contributed by atoms with Gasteiger partial charge in [-0.2, -0.15) is 0 Å². The molecule has 0 aliphatic carbocycles. The summed E-state index contributed by atoms with van der Waals surface area (Å²) in [5.41, 5.74) is -0.0798. The van der Waals surface area contributed by atoms with Crippen molar-refractivity contribution in [3.63, 3.8) is 0 Å². The third kappa shape index (κ3) is 9.37. The van der Waals surface area contributed by atoms with E-state index in [9.17, 15) is 19.7 Å². The Hall–Kier alpha value is -3.98. The van der Waals surface area contributed by atoms with Gasteiger partial charge in [-0.25, -0.2) is 4.79 Å². The number of nitro groups is 1. The Labute approximate surface area is 180 Å². The van der Waals surface area contributed by atoms with Crippen LogP contribution in [-0.4, -0.2) is 37.6 Å². The molecule has 9 nitrogen and oxygen atoms in total. The van der Waals surface area contributed by atoms with Crippen molar-refractivity contribution in [3.8, 4) is 35.2 Å². The third-order valence-electron chi connectivity index (χ3n) is 3.70. The molecule has 1 aromatic rings. The van der Waals surface area contributed by atoms with E-state index in [2.05, 4.69) is 29.0 Å². The van der Waals surface area contributed by atoms with Crippen LogP contribution >= 0.6 is 0 Å². The Morgan fingerprint density at radius 3 is 2.48 bits per heavy atom. The molecule has 0 aliphatic heterocycles. The number of hydrogen-bond acceptors (Lipinski definition) is 7. The van der Waals surface area contributed by atoms with Gasteiger partial charge in [-0.1, -0.05) is 24.7 Å². The van der Waals surface area contributed by atoms with Crippen molar-refractivity contribution in [2.45, 2.75) is 32.8 Å². The van der Waals surface area contributed by atoms with E-state index in [4.69, 9.17) is 14.2 Å². The lowest BCUT2D eigenvalue weighted by atomic mass is 10.1. The number of nitro benzene ring substituents is 1. The third-order valence-corrected chi connectivity index (χ3v) is 3.70. The van der Waals surface area contributed by atoms with Gasteiger partial charge in [-0.3, -0.25) is 14.9 Å². The largest absolute Gasteiger partial charge is 0.493 e. The second-order valence-electron chi connectivity index (χ2n) is 5.94. The van der Waals surface area contributed by atoms with Gasteiger partial charge in [-0.05, 0) is 30.6 Å². The van der Waals surface area contributed by atoms with Crippen LogP contribution in [0.15, 0.2) is 24.3 Å². The van der Waals surface area contributed by atoms with Gasteiger partial charge in [0.05, 0.1) is 30.8 Å². The lowest BCUT2D eigenvalue weighted by Gasteiger charge is -2.11. The predicted molar refractivity (Wildman–Crippen MR) is 114 cm³/mol. The molecule has 0 atom stereocenters. The Morgan fingerprint density at radius 1 is 1.16 bits per heavy atom. The van der Waals surface area contributed by atoms with Gasteiger partial charge >= 0.3 is 6.09 Å². The van der Waals surface area contributed by atoms with Crippen molar-refractivity contribution < 1.29 is 28.7 Å². The topological polar surface area (TPSA) is 117 Å². The number of carbonyl (C=O) groups is 2. The van der Waals surface area contributed by atoms with E-state index in [0.717, 1.165) is 6.42 Å². The molecule has 0 fully saturated rings. The first-order valence-corrected chi connectivity index (χ1v) is 9.40. The maximum atomic E-state index is 11.8. The van der Waals surface area contributed by atoms with Crippen LogP contribution in [0.4, 0.5) is 10.5 Å². The molecule has 1 aromatic carbocycles. The van der Waals surface area contributed by atoms with Gasteiger partial charge in [0.15, 0.2) is 11.5 Å². The van der Waals surface area contributed by atoms with Crippen LogP contribution < -0.4 is 14.8 Å². The summed E-state index contributed by atoms with van der Waals surface area (Å²) in [4.78, 5) is 33.6. The molecule has 0 heterocycles. The molecule has 0 aliphatic rings. The zero-order valence-corrected chi connectivity index (χ0v) is 17.6. The first-order chi connectivity index (χ1) is 14.9. The highest BCUT2D eigenvalue weighted by Crippen LogP contribution is 2.34. The quantitative estimate of drug-likeness (QED) is 0.211. The molecule has 0 radical (unpaired) electrons. The molecular weight excluding hydrogens is 404 g/mol. The zero-order valence-electron chi connectivity index (χ0n) is 17.6. The fraction of sp³-hybridized carbons (Fsp3) is 0.364. The fourth-order valence-corrected chi connectivity index (χ4v) is 2.24. The zero-order chi connectivity index (χ0) is 23.1. The Morgan fingerprint density at radius 2 is 1.84 bits per heavy atom. The second-order valence-corrected chi connectivity index (χ2v) is 5.94. The predicted octanol–water partition coefficient (Wildman–Crippen LogP) is 3.16. The van der Waals surface area contributed by atoms with E-state index >= 15 is 0 Å². The lowest BCUT2D eigenvalue weighted by molar-refractivity contribution is -0.385. The summed E-state index contributed by atoms with van der Waals surface area (Å²) in [7, 11) is 2.77. The number of ketones is 1. The molecule has 0 bridgehead atoms. The number of Topliss-reactive ketones (excluding diaryl/α,β-unsaturated/α-hetero) is 1. The second kappa shape index (κ2) is 14.1. The van der Waals surface area contributed by atoms with Crippen LogP contribution in [0.5, 0.6) is 11.5 Å². The number of carbonyl (C=O) groups excluding carboxylic acids is 2. The van der Waals surface area contributed by atoms with Crippen LogP contribution in [0, 0.1) is 33.8 Å². The number of ether oxygens (including phenoxy) is 3. The first kappa shape index (κ1) is 25.1. The molecule has 1 N–H and O–H groups in total. The summed E-state index contributed by atoms with van der Waals surface area (Å²) in [5.74, 6) is 11.0. The van der Waals surface area contributed by atoms with E-state index in [1.807, 2.05) is 6.92 Å². The fourth-order valence-electron chi connectivity index (χ4n) is 2.24. The summed E-state index contributed by atoms with van der Waals surface area (Å²) in [6.45, 7) is 1.82. The van der Waals surface area contributed by atoms with Gasteiger partial charge in [0.25, 0.3) is 5.69 Å². The molecule has 1 rings (SSSR count). The van der Waals surface area contributed by atoms with Gasteiger partial charge in [0.2, 0.25) is 5.78 Å². The number of rotatable bonds is 9. The van der Waals surface area contributed by atoms with Crippen molar-refractivity contribution >= 4 is 17.6 Å². The van der Waals surface area contributed by atoms with Crippen LogP contribution in [-0.2, 0) is 16.1 Å². The minimum absolute atomic E-state index is 0.110. The van der Waals surface area contributed by atoms with Crippen molar-refractivity contribution in [2.24, 2.45) is 0 Å². The summed E-state index contributed by atoms with van der Waals surface area (Å²) < 4.78 is 15.2. The summed E-state index contributed by atoms with van der Waals surface area (Å²) in [5, 5.41) is 13.7. The molecule has 0 saturated heterocycles. The highest BCUT2D eigenvalue weighted by molar-refractivity contribution is 5.95. The monoisotopic (exact) mass is 428 g/mol. The number of alkyl carbamates (subject to hydrolysis) is 1. The molecule has 0 aromatic heterocycles. The van der Waals surface area contributed by atoms with Crippen molar-refractivity contribution in [3.05, 3.63) is 40.0 Å².